The van der Waals surface area contributed by atoms with Crippen LogP contribution in [0.25, 0.3) is 10.9 Å². The van der Waals surface area contributed by atoms with Gasteiger partial charge in [-0.3, -0.25) is 0 Å². The summed E-state index contributed by atoms with van der Waals surface area (Å²) in [6, 6.07) is 18.1. The fourth-order valence-electron chi connectivity index (χ4n) is 5.15. The first kappa shape index (κ1) is 30.6. The Labute approximate surface area is 248 Å². The summed E-state index contributed by atoms with van der Waals surface area (Å²) < 4.78 is 22.0. The molecular formula is C33H43N5O4. The minimum absolute atomic E-state index is 0.476. The van der Waals surface area contributed by atoms with Gasteiger partial charge >= 0.3 is 0 Å². The van der Waals surface area contributed by atoms with Crippen LogP contribution in [0.15, 0.2) is 54.6 Å². The van der Waals surface area contributed by atoms with E-state index in [9.17, 15) is 0 Å². The average Bonchev–Trinajstić information content (AvgIpc) is 3.02. The van der Waals surface area contributed by atoms with Crippen molar-refractivity contribution in [1.29, 1.82) is 0 Å². The number of rotatable bonds is 15. The normalized spacial score (nSPS) is 10.9. The van der Waals surface area contributed by atoms with Crippen molar-refractivity contribution in [2.45, 2.75) is 38.8 Å². The molecule has 1 aromatic heterocycles. The summed E-state index contributed by atoms with van der Waals surface area (Å²) >= 11 is 0. The molecule has 0 spiro atoms. The number of ether oxygens (including phenoxy) is 4. The minimum atomic E-state index is 0.476. The largest absolute Gasteiger partial charge is 0.497 e. The zero-order valence-corrected chi connectivity index (χ0v) is 25.3. The first-order chi connectivity index (χ1) is 20.4. The Hall–Kier alpha value is -4.37. The zero-order valence-electron chi connectivity index (χ0n) is 25.3. The number of unbranched alkanes of at least 4 members (excludes halogenated alkanes) is 2. The number of nitrogens with one attached hydrogen (secondary N) is 1. The van der Waals surface area contributed by atoms with Crippen molar-refractivity contribution in [3.63, 3.8) is 0 Å². The topological polar surface area (TPSA) is 117 Å². The van der Waals surface area contributed by atoms with E-state index >= 15 is 0 Å². The number of nitrogens with zero attached hydrogens (tertiary/aromatic N) is 2. The fraction of sp³-hybridized carbons (Fsp3) is 0.364. The van der Waals surface area contributed by atoms with E-state index in [-0.39, 0.29) is 0 Å². The van der Waals surface area contributed by atoms with Crippen molar-refractivity contribution < 1.29 is 18.9 Å². The summed E-state index contributed by atoms with van der Waals surface area (Å²) in [5, 5.41) is 4.46. The highest BCUT2D eigenvalue weighted by Gasteiger charge is 2.19. The van der Waals surface area contributed by atoms with Crippen LogP contribution < -0.4 is 40.6 Å². The molecule has 0 amide bonds. The molecule has 1 heterocycles. The van der Waals surface area contributed by atoms with Crippen LogP contribution in [0.1, 0.15) is 36.0 Å². The number of hydrogen-bond acceptors (Lipinski definition) is 9. The van der Waals surface area contributed by atoms with Crippen LogP contribution in [0, 0.1) is 0 Å². The average molecular weight is 574 g/mol. The molecule has 42 heavy (non-hydrogen) atoms. The van der Waals surface area contributed by atoms with Crippen LogP contribution in [0.2, 0.25) is 0 Å². The maximum Gasteiger partial charge on any atom is 0.152 e. The highest BCUT2D eigenvalue weighted by atomic mass is 16.5. The fourth-order valence-corrected chi connectivity index (χ4v) is 5.15. The van der Waals surface area contributed by atoms with E-state index in [0.717, 1.165) is 82.9 Å². The smallest absolute Gasteiger partial charge is 0.152 e. The van der Waals surface area contributed by atoms with Gasteiger partial charge in [0.05, 0.1) is 45.3 Å². The molecule has 0 fully saturated rings. The molecule has 0 aliphatic rings. The van der Waals surface area contributed by atoms with Crippen LogP contribution in [-0.2, 0) is 19.5 Å². The van der Waals surface area contributed by atoms with Gasteiger partial charge in [0, 0.05) is 48.8 Å². The summed E-state index contributed by atoms with van der Waals surface area (Å²) in [5.41, 5.74) is 18.1. The Morgan fingerprint density at radius 1 is 0.786 bits per heavy atom. The van der Waals surface area contributed by atoms with Crippen LogP contribution in [0.3, 0.4) is 0 Å². The van der Waals surface area contributed by atoms with Crippen molar-refractivity contribution in [1.82, 2.24) is 4.98 Å². The Morgan fingerprint density at radius 2 is 1.45 bits per heavy atom. The van der Waals surface area contributed by atoms with E-state index in [0.29, 0.717) is 24.6 Å². The molecule has 0 unspecified atom stereocenters. The minimum Gasteiger partial charge on any atom is -0.497 e. The van der Waals surface area contributed by atoms with Crippen molar-refractivity contribution >= 4 is 28.1 Å². The van der Waals surface area contributed by atoms with E-state index in [1.165, 1.54) is 5.56 Å². The van der Waals surface area contributed by atoms with Gasteiger partial charge in [-0.1, -0.05) is 18.6 Å². The predicted molar refractivity (Wildman–Crippen MR) is 171 cm³/mol. The molecule has 9 nitrogen and oxygen atoms in total. The van der Waals surface area contributed by atoms with E-state index in [1.807, 2.05) is 43.4 Å². The highest BCUT2D eigenvalue weighted by molar-refractivity contribution is 6.01. The van der Waals surface area contributed by atoms with Gasteiger partial charge in [0.15, 0.2) is 5.82 Å². The molecule has 4 aromatic rings. The number of benzene rings is 3. The maximum absolute atomic E-state index is 6.87. The number of nitrogen functional groups attached to an aromatic ring is 1. The van der Waals surface area contributed by atoms with Gasteiger partial charge in [-0.05, 0) is 61.7 Å². The summed E-state index contributed by atoms with van der Waals surface area (Å²) in [6.07, 6.45) is 4.21. The maximum atomic E-state index is 6.87. The number of aryl methyl sites for hydroxylation is 1. The molecule has 224 valence electrons. The molecule has 5 N–H and O–H groups in total. The number of nitrogens with two attached hydrogens (primary N) is 2. The van der Waals surface area contributed by atoms with E-state index in [1.54, 1.807) is 28.4 Å². The lowest BCUT2D eigenvalue weighted by molar-refractivity contribution is 0.391. The SMILES string of the molecule is COc1ccc(CNc2nc3cc(CCCCCN)ccc3c(N(C)Cc3ccc(OC)cc3OC)c2N)c(OC)c1. The van der Waals surface area contributed by atoms with Crippen LogP contribution in [-0.4, -0.2) is 47.0 Å². The van der Waals surface area contributed by atoms with Gasteiger partial charge in [-0.15, -0.1) is 0 Å². The second-order valence-corrected chi connectivity index (χ2v) is 10.2. The summed E-state index contributed by atoms with van der Waals surface area (Å²) in [6.45, 7) is 1.77. The number of methoxy groups -OCH3 is 4. The van der Waals surface area contributed by atoms with Crippen LogP contribution in [0.5, 0.6) is 23.0 Å². The van der Waals surface area contributed by atoms with E-state index < -0.39 is 0 Å². The molecule has 3 aromatic carbocycles. The van der Waals surface area contributed by atoms with Crippen molar-refractivity contribution in [3.05, 3.63) is 71.3 Å². The van der Waals surface area contributed by atoms with Gasteiger partial charge in [-0.2, -0.15) is 0 Å². The van der Waals surface area contributed by atoms with Gasteiger partial charge in [0.2, 0.25) is 0 Å². The first-order valence-corrected chi connectivity index (χ1v) is 14.2. The van der Waals surface area contributed by atoms with Crippen molar-refractivity contribution in [2.75, 3.05) is 58.0 Å². The lowest BCUT2D eigenvalue weighted by atomic mass is 10.0. The Balaban J connectivity index is 1.72. The molecule has 4 rings (SSSR count). The molecule has 0 radical (unpaired) electrons. The van der Waals surface area contributed by atoms with Crippen LogP contribution in [0.4, 0.5) is 17.2 Å². The lowest BCUT2D eigenvalue weighted by Crippen LogP contribution is -2.20. The number of anilines is 3. The molecule has 9 heteroatoms. The standard InChI is InChI=1S/C33H43N5O4/c1-38(21-24-12-14-26(40-3)19-30(24)42-5)32-27-15-10-22(9-7-6-8-16-34)17-28(27)37-33(31(32)35)36-20-23-11-13-25(39-2)18-29(23)41-4/h10-15,17-19H,6-9,16,20-21,34-35H2,1-5H3,(H,36,37). The molecular weight excluding hydrogens is 530 g/mol. The molecule has 0 aliphatic heterocycles. The zero-order chi connectivity index (χ0) is 30.1. The Morgan fingerprint density at radius 3 is 2.10 bits per heavy atom. The molecule has 0 saturated heterocycles. The molecule has 0 saturated carbocycles. The van der Waals surface area contributed by atoms with Gasteiger partial charge in [0.25, 0.3) is 0 Å². The van der Waals surface area contributed by atoms with Crippen molar-refractivity contribution in [3.8, 4) is 23.0 Å². The second kappa shape index (κ2) is 14.5. The Kier molecular flexibility index (Phi) is 10.6. The number of pyridine rings is 1. The second-order valence-electron chi connectivity index (χ2n) is 10.2. The highest BCUT2D eigenvalue weighted by Crippen LogP contribution is 2.39. The number of aromatic nitrogens is 1. The first-order valence-electron chi connectivity index (χ1n) is 14.2. The summed E-state index contributed by atoms with van der Waals surface area (Å²) in [7, 11) is 8.63. The van der Waals surface area contributed by atoms with E-state index in [4.69, 9.17) is 35.4 Å². The lowest BCUT2D eigenvalue weighted by Gasteiger charge is -2.26. The quantitative estimate of drug-likeness (QED) is 0.152. The van der Waals surface area contributed by atoms with Gasteiger partial charge in [0.1, 0.15) is 23.0 Å². The van der Waals surface area contributed by atoms with Crippen LogP contribution >= 0.6 is 0 Å². The third kappa shape index (κ3) is 7.09. The number of fused-ring (bicyclic) bond motifs is 1. The molecule has 0 aliphatic carbocycles. The van der Waals surface area contributed by atoms with Gasteiger partial charge in [-0.25, -0.2) is 4.98 Å². The predicted octanol–water partition coefficient (Wildman–Crippen LogP) is 5.77. The summed E-state index contributed by atoms with van der Waals surface area (Å²) in [4.78, 5) is 7.14. The monoisotopic (exact) mass is 573 g/mol. The third-order valence-electron chi connectivity index (χ3n) is 7.45. The number of hydrogen-bond donors (Lipinski definition) is 3. The van der Waals surface area contributed by atoms with Gasteiger partial charge < -0.3 is 40.6 Å². The third-order valence-corrected chi connectivity index (χ3v) is 7.45. The molecule has 0 bridgehead atoms. The summed E-state index contributed by atoms with van der Waals surface area (Å²) in [5.74, 6) is 3.57. The van der Waals surface area contributed by atoms with Crippen molar-refractivity contribution in [2.24, 2.45) is 5.73 Å². The molecule has 0 atom stereocenters. The Bertz CT molecular complexity index is 1490. The van der Waals surface area contributed by atoms with E-state index in [2.05, 4.69) is 28.4 Å².